The van der Waals surface area contributed by atoms with Crippen LogP contribution in [-0.2, 0) is 14.3 Å². The summed E-state index contributed by atoms with van der Waals surface area (Å²) in [5, 5.41) is 6.09. The van der Waals surface area contributed by atoms with Crippen molar-refractivity contribution in [2.75, 3.05) is 12.4 Å². The lowest BCUT2D eigenvalue weighted by Gasteiger charge is -2.24. The number of fused-ring (bicyclic) bond motifs is 3. The summed E-state index contributed by atoms with van der Waals surface area (Å²) in [6.07, 6.45) is 8.15. The molecule has 1 fully saturated rings. The molecule has 2 aliphatic carbocycles. The van der Waals surface area contributed by atoms with Crippen LogP contribution < -0.4 is 5.32 Å². The molecular formula is C19H17N5O3S. The quantitative estimate of drug-likeness (QED) is 0.519. The highest BCUT2D eigenvalue weighted by atomic mass is 32.1. The number of aromatic nitrogens is 4. The first-order chi connectivity index (χ1) is 13.7. The van der Waals surface area contributed by atoms with Gasteiger partial charge in [0.1, 0.15) is 23.4 Å². The van der Waals surface area contributed by atoms with Crippen LogP contribution in [0.15, 0.2) is 36.1 Å². The minimum atomic E-state index is -0.430. The number of thiazole rings is 1. The van der Waals surface area contributed by atoms with Gasteiger partial charge in [0.05, 0.1) is 18.9 Å². The van der Waals surface area contributed by atoms with Crippen molar-refractivity contribution in [3.05, 3.63) is 36.1 Å². The Kier molecular flexibility index (Phi) is 3.97. The maximum Gasteiger partial charge on any atom is 0.310 e. The van der Waals surface area contributed by atoms with Gasteiger partial charge in [-0.15, -0.1) is 11.3 Å². The van der Waals surface area contributed by atoms with E-state index < -0.39 is 11.8 Å². The molecule has 1 amide bonds. The molecular weight excluding hydrogens is 378 g/mol. The average Bonchev–Trinajstić information content (AvgIpc) is 3.49. The predicted octanol–water partition coefficient (Wildman–Crippen LogP) is 2.63. The van der Waals surface area contributed by atoms with Crippen LogP contribution in [-0.4, -0.2) is 38.9 Å². The molecule has 28 heavy (non-hydrogen) atoms. The van der Waals surface area contributed by atoms with Crippen LogP contribution in [0.2, 0.25) is 0 Å². The number of amides is 1. The minimum Gasteiger partial charge on any atom is -0.469 e. The van der Waals surface area contributed by atoms with Crippen LogP contribution in [0.3, 0.4) is 0 Å². The van der Waals surface area contributed by atoms with Gasteiger partial charge in [-0.1, -0.05) is 12.2 Å². The van der Waals surface area contributed by atoms with Crippen LogP contribution >= 0.6 is 11.3 Å². The first kappa shape index (κ1) is 17.1. The fourth-order valence-corrected chi connectivity index (χ4v) is 5.04. The van der Waals surface area contributed by atoms with E-state index in [0.29, 0.717) is 16.5 Å². The van der Waals surface area contributed by atoms with Gasteiger partial charge in [-0.05, 0) is 24.3 Å². The van der Waals surface area contributed by atoms with Crippen molar-refractivity contribution >= 4 is 39.4 Å². The highest BCUT2D eigenvalue weighted by Crippen LogP contribution is 2.49. The molecule has 0 radical (unpaired) electrons. The molecule has 3 aromatic rings. The topological polar surface area (TPSA) is 110 Å². The third kappa shape index (κ3) is 2.62. The van der Waals surface area contributed by atoms with Crippen molar-refractivity contribution in [2.45, 2.75) is 6.42 Å². The smallest absolute Gasteiger partial charge is 0.310 e. The SMILES string of the molecule is COC(=O)C1C2C=CC(C2)C1C(=O)Nc1nc(-c2ncnc3[nH]ccc23)cs1. The molecule has 0 aromatic carbocycles. The van der Waals surface area contributed by atoms with Crippen LogP contribution in [0.25, 0.3) is 22.4 Å². The van der Waals surface area contributed by atoms with Crippen molar-refractivity contribution in [3.63, 3.8) is 0 Å². The van der Waals surface area contributed by atoms with Gasteiger partial charge >= 0.3 is 5.97 Å². The Morgan fingerprint density at radius 2 is 2.07 bits per heavy atom. The van der Waals surface area contributed by atoms with E-state index in [2.05, 4.69) is 25.3 Å². The van der Waals surface area contributed by atoms with Gasteiger partial charge in [0.2, 0.25) is 5.91 Å². The van der Waals surface area contributed by atoms with E-state index in [9.17, 15) is 9.59 Å². The van der Waals surface area contributed by atoms with Crippen molar-refractivity contribution in [1.82, 2.24) is 19.9 Å². The molecule has 5 rings (SSSR count). The second-order valence-corrected chi connectivity index (χ2v) is 7.87. The van der Waals surface area contributed by atoms with Gasteiger partial charge in [-0.25, -0.2) is 15.0 Å². The number of hydrogen-bond donors (Lipinski definition) is 2. The van der Waals surface area contributed by atoms with Crippen molar-refractivity contribution in [2.24, 2.45) is 23.7 Å². The van der Waals surface area contributed by atoms with E-state index in [1.807, 2.05) is 23.6 Å². The summed E-state index contributed by atoms with van der Waals surface area (Å²) in [6.45, 7) is 0. The summed E-state index contributed by atoms with van der Waals surface area (Å²) >= 11 is 1.33. The van der Waals surface area contributed by atoms with Crippen molar-refractivity contribution < 1.29 is 14.3 Å². The summed E-state index contributed by atoms with van der Waals surface area (Å²) in [7, 11) is 1.36. The van der Waals surface area contributed by atoms with E-state index >= 15 is 0 Å². The normalized spacial score (nSPS) is 25.3. The van der Waals surface area contributed by atoms with Gasteiger partial charge in [-0.2, -0.15) is 0 Å². The van der Waals surface area contributed by atoms with Crippen LogP contribution in [0.1, 0.15) is 6.42 Å². The molecule has 1 saturated carbocycles. The second-order valence-electron chi connectivity index (χ2n) is 7.01. The Hall–Kier alpha value is -3.07. The largest absolute Gasteiger partial charge is 0.469 e. The molecule has 0 saturated heterocycles. The monoisotopic (exact) mass is 395 g/mol. The Balaban J connectivity index is 1.39. The average molecular weight is 395 g/mol. The maximum atomic E-state index is 12.9. The minimum absolute atomic E-state index is 0.0647. The number of methoxy groups -OCH3 is 1. The second kappa shape index (κ2) is 6.52. The number of hydrogen-bond acceptors (Lipinski definition) is 7. The summed E-state index contributed by atoms with van der Waals surface area (Å²) in [4.78, 5) is 41.2. The zero-order chi connectivity index (χ0) is 19.3. The summed E-state index contributed by atoms with van der Waals surface area (Å²) in [5.74, 6) is -1.24. The van der Waals surface area contributed by atoms with E-state index in [0.717, 1.165) is 17.5 Å². The molecule has 0 spiro atoms. The van der Waals surface area contributed by atoms with Gasteiger partial charge in [0.25, 0.3) is 0 Å². The molecule has 0 aliphatic heterocycles. The molecule has 3 aromatic heterocycles. The number of anilines is 1. The molecule has 2 N–H and O–H groups in total. The van der Waals surface area contributed by atoms with Crippen LogP contribution in [0, 0.1) is 23.7 Å². The van der Waals surface area contributed by atoms with Gasteiger partial charge in [0, 0.05) is 17.0 Å². The Morgan fingerprint density at radius 1 is 1.25 bits per heavy atom. The Labute approximate surface area is 164 Å². The molecule has 2 bridgehead atoms. The van der Waals surface area contributed by atoms with Gasteiger partial charge in [0.15, 0.2) is 5.13 Å². The molecule has 2 aliphatic rings. The number of aromatic amines is 1. The van der Waals surface area contributed by atoms with Gasteiger partial charge < -0.3 is 15.0 Å². The summed E-state index contributed by atoms with van der Waals surface area (Å²) < 4.78 is 4.93. The number of nitrogens with zero attached hydrogens (tertiary/aromatic N) is 3. The third-order valence-corrected chi connectivity index (χ3v) is 6.32. The maximum absolute atomic E-state index is 12.9. The highest BCUT2D eigenvalue weighted by molar-refractivity contribution is 7.14. The lowest BCUT2D eigenvalue weighted by atomic mass is 9.82. The zero-order valence-corrected chi connectivity index (χ0v) is 15.8. The van der Waals surface area contributed by atoms with E-state index in [1.165, 1.54) is 24.8 Å². The van der Waals surface area contributed by atoms with E-state index in [1.54, 1.807) is 6.20 Å². The van der Waals surface area contributed by atoms with Crippen LogP contribution in [0.5, 0.6) is 0 Å². The lowest BCUT2D eigenvalue weighted by Crippen LogP contribution is -2.37. The first-order valence-electron chi connectivity index (χ1n) is 8.96. The number of ether oxygens (including phenoxy) is 1. The van der Waals surface area contributed by atoms with Gasteiger partial charge in [-0.3, -0.25) is 9.59 Å². The van der Waals surface area contributed by atoms with E-state index in [4.69, 9.17) is 4.74 Å². The molecule has 142 valence electrons. The predicted molar refractivity (Wildman–Crippen MR) is 103 cm³/mol. The lowest BCUT2D eigenvalue weighted by molar-refractivity contribution is -0.150. The molecule has 3 heterocycles. The third-order valence-electron chi connectivity index (χ3n) is 5.57. The molecule has 9 heteroatoms. The fourth-order valence-electron chi connectivity index (χ4n) is 4.34. The highest BCUT2D eigenvalue weighted by Gasteiger charge is 2.52. The standard InChI is InChI=1S/C19H17N5O3S/c1-27-18(26)14-10-3-2-9(6-10)13(14)17(25)24-19-23-12(7-28-19)15-11-4-5-20-16(11)22-8-21-15/h2-5,7-10,13-14H,6H2,1H3,(H,20,21,22)(H,23,24,25). The number of carbonyl (C=O) groups excluding carboxylic acids is 2. The number of H-pyrrole nitrogens is 1. The zero-order valence-electron chi connectivity index (χ0n) is 15.0. The number of esters is 1. The Morgan fingerprint density at radius 3 is 2.89 bits per heavy atom. The molecule has 4 atom stereocenters. The van der Waals surface area contributed by atoms with Crippen molar-refractivity contribution in [1.29, 1.82) is 0 Å². The first-order valence-corrected chi connectivity index (χ1v) is 9.84. The summed E-state index contributed by atoms with van der Waals surface area (Å²) in [5.41, 5.74) is 2.11. The number of allylic oxidation sites excluding steroid dienone is 2. The number of rotatable bonds is 4. The fraction of sp³-hybridized carbons (Fsp3) is 0.316. The Bertz CT molecular complexity index is 1100. The van der Waals surface area contributed by atoms with E-state index in [-0.39, 0.29) is 23.7 Å². The summed E-state index contributed by atoms with van der Waals surface area (Å²) in [6, 6.07) is 1.89. The van der Waals surface area contributed by atoms with Crippen molar-refractivity contribution in [3.8, 4) is 11.4 Å². The van der Waals surface area contributed by atoms with Crippen LogP contribution in [0.4, 0.5) is 5.13 Å². The molecule has 4 unspecified atom stereocenters. The number of carbonyl (C=O) groups is 2. The number of nitrogens with one attached hydrogen (secondary N) is 2. The molecule has 8 nitrogen and oxygen atoms in total.